The number of rotatable bonds is 10. The molecule has 0 aromatic rings. The molecule has 6 heteroatoms. The average Bonchev–Trinajstić information content (AvgIpc) is 2.24. The third kappa shape index (κ3) is 4.64. The van der Waals surface area contributed by atoms with Crippen molar-refractivity contribution in [3.05, 3.63) is 11.6 Å². The molecule has 0 amide bonds. The van der Waals surface area contributed by atoms with Gasteiger partial charge in [-0.05, 0) is 47.1 Å². The molecule has 0 aromatic heterocycles. The van der Waals surface area contributed by atoms with E-state index in [1.807, 2.05) is 6.92 Å². The van der Waals surface area contributed by atoms with Crippen LogP contribution in [0.15, 0.2) is 11.6 Å². The van der Waals surface area contributed by atoms with Crippen molar-refractivity contribution in [1.82, 2.24) is 0 Å². The zero-order valence-electron chi connectivity index (χ0n) is 10.9. The predicted molar refractivity (Wildman–Crippen MR) is 63.2 cm³/mol. The van der Waals surface area contributed by atoms with Crippen LogP contribution in [0.4, 0.5) is 0 Å². The molecule has 1 rings (SSSR count). The Hall–Kier alpha value is -0.500. The monoisotopic (exact) mass is 262 g/mol. The molecule has 0 saturated heterocycles. The summed E-state index contributed by atoms with van der Waals surface area (Å²) in [4.78, 5) is 8.85. The van der Waals surface area contributed by atoms with E-state index in [0.717, 1.165) is 25.7 Å². The lowest BCUT2D eigenvalue weighted by Gasteiger charge is -2.37. The number of hydrogen-bond donors (Lipinski definition) is 2. The molecule has 0 saturated carbocycles. The first-order valence-electron chi connectivity index (χ1n) is 6.18. The van der Waals surface area contributed by atoms with E-state index in [1.54, 1.807) is 0 Å². The Labute approximate surface area is 107 Å². The Balaban J connectivity index is 2.44. The van der Waals surface area contributed by atoms with E-state index in [0.29, 0.717) is 13.2 Å². The highest BCUT2D eigenvalue weighted by molar-refractivity contribution is 5.21. The molecule has 6 nitrogen and oxygen atoms in total. The van der Waals surface area contributed by atoms with Gasteiger partial charge < -0.3 is 0 Å². The molecule has 0 heterocycles. The highest BCUT2D eigenvalue weighted by Gasteiger charge is 2.32. The maximum atomic E-state index is 8.50. The zero-order valence-corrected chi connectivity index (χ0v) is 10.9. The van der Waals surface area contributed by atoms with Crippen LogP contribution >= 0.6 is 0 Å². The minimum absolute atomic E-state index is 0.00380. The van der Waals surface area contributed by atoms with Gasteiger partial charge in [-0.1, -0.05) is 25.5 Å². The summed E-state index contributed by atoms with van der Waals surface area (Å²) in [5, 5.41) is 23.8. The van der Waals surface area contributed by atoms with Crippen LogP contribution in [0.2, 0.25) is 0 Å². The minimum atomic E-state index is 0.00380. The van der Waals surface area contributed by atoms with Crippen molar-refractivity contribution in [3.63, 3.8) is 0 Å². The molecule has 0 fully saturated rings. The van der Waals surface area contributed by atoms with Gasteiger partial charge in [0.25, 0.3) is 0 Å². The summed E-state index contributed by atoms with van der Waals surface area (Å²) in [5.41, 5.74) is 1.41. The van der Waals surface area contributed by atoms with Crippen LogP contribution in [0.1, 0.15) is 39.5 Å². The van der Waals surface area contributed by atoms with Crippen molar-refractivity contribution >= 4 is 0 Å². The first-order chi connectivity index (χ1) is 8.62. The normalized spacial score (nSPS) is 19.9. The lowest BCUT2D eigenvalue weighted by molar-refractivity contribution is -0.624. The molecule has 1 aliphatic carbocycles. The average molecular weight is 262 g/mol. The Morgan fingerprint density at radius 1 is 1.44 bits per heavy atom. The molecule has 2 atom stereocenters. The summed E-state index contributed by atoms with van der Waals surface area (Å²) in [6, 6.07) is 0. The van der Waals surface area contributed by atoms with E-state index < -0.39 is 0 Å². The summed E-state index contributed by atoms with van der Waals surface area (Å²) in [6.07, 6.45) is 6.11. The molecule has 0 spiro atoms. The van der Waals surface area contributed by atoms with Gasteiger partial charge in [-0.25, -0.2) is 15.0 Å². The minimum Gasteiger partial charge on any atom is -0.252 e. The van der Waals surface area contributed by atoms with Gasteiger partial charge in [0.15, 0.2) is 0 Å². The van der Waals surface area contributed by atoms with Gasteiger partial charge in [-0.15, -0.1) is 0 Å². The van der Waals surface area contributed by atoms with Crippen molar-refractivity contribution in [1.29, 1.82) is 0 Å². The fourth-order valence-corrected chi connectivity index (χ4v) is 2.49. The SMILES string of the molecule is CC(COOOO)CC(C)(CCOO)C1=CCC1. The largest absolute Gasteiger partial charge is 0.252 e. The van der Waals surface area contributed by atoms with Crippen LogP contribution in [0.3, 0.4) is 0 Å². The third-order valence-electron chi connectivity index (χ3n) is 3.55. The standard InChI is InChI=1S/C12H22O6/c1-10(9-16-18-17-14)8-12(2,6-7-15-13)11-4-3-5-11/h4,10,13-14H,3,5-9H2,1-2H3. The van der Waals surface area contributed by atoms with Gasteiger partial charge in [0, 0.05) is 0 Å². The van der Waals surface area contributed by atoms with Crippen LogP contribution in [-0.2, 0) is 19.9 Å². The molecule has 2 N–H and O–H groups in total. The van der Waals surface area contributed by atoms with E-state index in [-0.39, 0.29) is 11.3 Å². The van der Waals surface area contributed by atoms with Crippen LogP contribution < -0.4 is 0 Å². The quantitative estimate of drug-likeness (QED) is 0.273. The Morgan fingerprint density at radius 3 is 2.67 bits per heavy atom. The Kier molecular flexibility index (Phi) is 6.77. The smallest absolute Gasteiger partial charge is 0.0880 e. The molecule has 0 bridgehead atoms. The second-order valence-electron chi connectivity index (χ2n) is 5.15. The van der Waals surface area contributed by atoms with Crippen molar-refractivity contribution < 1.29 is 30.4 Å². The molecule has 0 aromatic carbocycles. The van der Waals surface area contributed by atoms with E-state index in [4.69, 9.17) is 10.5 Å². The van der Waals surface area contributed by atoms with E-state index in [2.05, 4.69) is 32.9 Å². The van der Waals surface area contributed by atoms with Crippen molar-refractivity contribution in [2.24, 2.45) is 11.3 Å². The molecule has 2 unspecified atom stereocenters. The van der Waals surface area contributed by atoms with Crippen molar-refractivity contribution in [2.45, 2.75) is 39.5 Å². The summed E-state index contributed by atoms with van der Waals surface area (Å²) in [6.45, 7) is 4.83. The molecular formula is C12H22O6. The molecule has 0 aliphatic heterocycles. The summed E-state index contributed by atoms with van der Waals surface area (Å²) in [7, 11) is 0. The maximum absolute atomic E-state index is 8.50. The topological polar surface area (TPSA) is 77.4 Å². The van der Waals surface area contributed by atoms with Gasteiger partial charge in [-0.2, -0.15) is 0 Å². The fourth-order valence-electron chi connectivity index (χ4n) is 2.49. The van der Waals surface area contributed by atoms with Crippen molar-refractivity contribution in [3.8, 4) is 0 Å². The molecule has 18 heavy (non-hydrogen) atoms. The van der Waals surface area contributed by atoms with Gasteiger partial charge in [-0.3, -0.25) is 5.26 Å². The highest BCUT2D eigenvalue weighted by atomic mass is 17.6. The molecule has 0 radical (unpaired) electrons. The highest BCUT2D eigenvalue weighted by Crippen LogP contribution is 2.43. The molecular weight excluding hydrogens is 240 g/mol. The van der Waals surface area contributed by atoms with E-state index >= 15 is 0 Å². The van der Waals surface area contributed by atoms with Crippen molar-refractivity contribution in [2.75, 3.05) is 13.2 Å². The first kappa shape index (κ1) is 15.6. The number of hydrogen-bond acceptors (Lipinski definition) is 6. The summed E-state index contributed by atoms with van der Waals surface area (Å²) in [5.74, 6) is 0.227. The Morgan fingerprint density at radius 2 is 2.17 bits per heavy atom. The lowest BCUT2D eigenvalue weighted by Crippen LogP contribution is -2.28. The molecule has 1 aliphatic rings. The van der Waals surface area contributed by atoms with Gasteiger partial charge >= 0.3 is 0 Å². The van der Waals surface area contributed by atoms with Crippen LogP contribution in [-0.4, -0.2) is 23.7 Å². The Bertz CT molecular complexity index is 267. The van der Waals surface area contributed by atoms with Crippen LogP contribution in [0.5, 0.6) is 0 Å². The van der Waals surface area contributed by atoms with Gasteiger partial charge in [0.1, 0.15) is 0 Å². The second kappa shape index (κ2) is 7.83. The van der Waals surface area contributed by atoms with Gasteiger partial charge in [0.2, 0.25) is 0 Å². The van der Waals surface area contributed by atoms with E-state index in [9.17, 15) is 0 Å². The first-order valence-corrected chi connectivity index (χ1v) is 6.18. The molecule has 106 valence electrons. The summed E-state index contributed by atoms with van der Waals surface area (Å²) >= 11 is 0. The fraction of sp³-hybridized carbons (Fsp3) is 0.833. The lowest BCUT2D eigenvalue weighted by atomic mass is 9.68. The van der Waals surface area contributed by atoms with Crippen LogP contribution in [0, 0.1) is 11.3 Å². The summed E-state index contributed by atoms with van der Waals surface area (Å²) < 4.78 is 0. The number of allylic oxidation sites excluding steroid dienone is 2. The van der Waals surface area contributed by atoms with E-state index in [1.165, 1.54) is 5.57 Å². The van der Waals surface area contributed by atoms with Gasteiger partial charge in [0.05, 0.1) is 13.2 Å². The second-order valence-corrected chi connectivity index (χ2v) is 5.15. The third-order valence-corrected chi connectivity index (χ3v) is 3.55. The zero-order chi connectivity index (χ0) is 13.4. The maximum Gasteiger partial charge on any atom is 0.0880 e. The van der Waals surface area contributed by atoms with Crippen LogP contribution in [0.25, 0.3) is 0 Å². The predicted octanol–water partition coefficient (Wildman–Crippen LogP) is 2.97.